The second-order valence-electron chi connectivity index (χ2n) is 4.38. The number of hydrogen-bond donors (Lipinski definition) is 2. The zero-order valence-corrected chi connectivity index (χ0v) is 9.15. The molecule has 0 radical (unpaired) electrons. The third-order valence-electron chi connectivity index (χ3n) is 3.33. The molecule has 1 aliphatic rings. The summed E-state index contributed by atoms with van der Waals surface area (Å²) in [7, 11) is 0. The number of carboxylic acids is 1. The summed E-state index contributed by atoms with van der Waals surface area (Å²) < 4.78 is 0. The van der Waals surface area contributed by atoms with Gasteiger partial charge in [-0.3, -0.25) is 9.78 Å². The first kappa shape index (κ1) is 10.9. The van der Waals surface area contributed by atoms with E-state index in [2.05, 4.69) is 10.3 Å². The predicted octanol–water partition coefficient (Wildman–Crippen LogP) is 2.14. The first-order valence-electron chi connectivity index (χ1n) is 5.60. The van der Waals surface area contributed by atoms with E-state index in [0.29, 0.717) is 6.54 Å². The Morgan fingerprint density at radius 1 is 1.38 bits per heavy atom. The quantitative estimate of drug-likeness (QED) is 0.816. The van der Waals surface area contributed by atoms with Crippen LogP contribution in [-0.4, -0.2) is 22.6 Å². The van der Waals surface area contributed by atoms with Crippen molar-refractivity contribution in [2.24, 2.45) is 5.41 Å². The van der Waals surface area contributed by atoms with Crippen molar-refractivity contribution in [3.05, 3.63) is 24.5 Å². The minimum atomic E-state index is -0.674. The van der Waals surface area contributed by atoms with Crippen LogP contribution in [0.25, 0.3) is 0 Å². The molecule has 4 nitrogen and oxygen atoms in total. The normalized spacial score (nSPS) is 18.2. The number of rotatable bonds is 4. The van der Waals surface area contributed by atoms with E-state index in [4.69, 9.17) is 0 Å². The number of nitrogens with zero attached hydrogens (tertiary/aromatic N) is 1. The lowest BCUT2D eigenvalue weighted by atomic mass is 9.86. The first-order valence-corrected chi connectivity index (χ1v) is 5.60. The summed E-state index contributed by atoms with van der Waals surface area (Å²) in [4.78, 5) is 15.2. The largest absolute Gasteiger partial charge is 0.481 e. The van der Waals surface area contributed by atoms with E-state index in [-0.39, 0.29) is 0 Å². The van der Waals surface area contributed by atoms with E-state index in [1.165, 1.54) is 0 Å². The average Bonchev–Trinajstić information content (AvgIpc) is 2.78. The van der Waals surface area contributed by atoms with Crippen molar-refractivity contribution >= 4 is 11.7 Å². The number of pyridine rings is 1. The van der Waals surface area contributed by atoms with Gasteiger partial charge in [0.25, 0.3) is 0 Å². The molecule has 0 saturated heterocycles. The Bertz CT molecular complexity index is 359. The van der Waals surface area contributed by atoms with Gasteiger partial charge >= 0.3 is 5.97 Å². The third-order valence-corrected chi connectivity index (χ3v) is 3.33. The van der Waals surface area contributed by atoms with Crippen LogP contribution in [0, 0.1) is 5.41 Å². The van der Waals surface area contributed by atoms with Crippen LogP contribution in [0.1, 0.15) is 25.7 Å². The minimum Gasteiger partial charge on any atom is -0.481 e. The molecule has 2 rings (SSSR count). The van der Waals surface area contributed by atoms with Crippen molar-refractivity contribution < 1.29 is 9.90 Å². The van der Waals surface area contributed by atoms with Crippen LogP contribution in [0.5, 0.6) is 0 Å². The Kier molecular flexibility index (Phi) is 3.08. The molecule has 1 saturated carbocycles. The van der Waals surface area contributed by atoms with Crippen LogP contribution in [0.15, 0.2) is 24.5 Å². The SMILES string of the molecule is O=C(O)C1(CNc2ccncc2)CCCC1. The fourth-order valence-corrected chi connectivity index (χ4v) is 2.26. The van der Waals surface area contributed by atoms with Gasteiger partial charge in [0.2, 0.25) is 0 Å². The summed E-state index contributed by atoms with van der Waals surface area (Å²) in [5.74, 6) is -0.674. The van der Waals surface area contributed by atoms with Gasteiger partial charge in [-0.05, 0) is 25.0 Å². The maximum atomic E-state index is 11.3. The number of hydrogen-bond acceptors (Lipinski definition) is 3. The van der Waals surface area contributed by atoms with Crippen LogP contribution >= 0.6 is 0 Å². The lowest BCUT2D eigenvalue weighted by molar-refractivity contribution is -0.147. The lowest BCUT2D eigenvalue weighted by Crippen LogP contribution is -2.35. The number of anilines is 1. The van der Waals surface area contributed by atoms with E-state index in [9.17, 15) is 9.90 Å². The van der Waals surface area contributed by atoms with E-state index in [1.54, 1.807) is 12.4 Å². The summed E-state index contributed by atoms with van der Waals surface area (Å²) in [6.45, 7) is 0.506. The van der Waals surface area contributed by atoms with Gasteiger partial charge in [-0.25, -0.2) is 0 Å². The van der Waals surface area contributed by atoms with Crippen molar-refractivity contribution in [2.45, 2.75) is 25.7 Å². The van der Waals surface area contributed by atoms with E-state index in [0.717, 1.165) is 31.4 Å². The van der Waals surface area contributed by atoms with Gasteiger partial charge in [-0.15, -0.1) is 0 Å². The summed E-state index contributed by atoms with van der Waals surface area (Å²) in [5.41, 5.74) is 0.367. The van der Waals surface area contributed by atoms with Gasteiger partial charge in [-0.1, -0.05) is 12.8 Å². The highest BCUT2D eigenvalue weighted by Gasteiger charge is 2.40. The average molecular weight is 220 g/mol. The van der Waals surface area contributed by atoms with Crippen molar-refractivity contribution in [3.8, 4) is 0 Å². The fraction of sp³-hybridized carbons (Fsp3) is 0.500. The Hall–Kier alpha value is -1.58. The molecule has 2 N–H and O–H groups in total. The smallest absolute Gasteiger partial charge is 0.311 e. The van der Waals surface area contributed by atoms with Gasteiger partial charge in [0.05, 0.1) is 5.41 Å². The molecule has 0 amide bonds. The number of aromatic nitrogens is 1. The van der Waals surface area contributed by atoms with Gasteiger partial charge < -0.3 is 10.4 Å². The highest BCUT2D eigenvalue weighted by Crippen LogP contribution is 2.38. The molecule has 16 heavy (non-hydrogen) atoms. The standard InChI is InChI=1S/C12H16N2O2/c15-11(16)12(5-1-2-6-12)9-14-10-3-7-13-8-4-10/h3-4,7-8H,1-2,5-6,9H2,(H,13,14)(H,15,16). The van der Waals surface area contributed by atoms with E-state index in [1.807, 2.05) is 12.1 Å². The minimum absolute atomic E-state index is 0.506. The molecule has 1 aliphatic carbocycles. The summed E-state index contributed by atoms with van der Waals surface area (Å²) in [6, 6.07) is 3.70. The first-order chi connectivity index (χ1) is 7.73. The second-order valence-corrected chi connectivity index (χ2v) is 4.38. The van der Waals surface area contributed by atoms with E-state index < -0.39 is 11.4 Å². The van der Waals surface area contributed by atoms with Crippen molar-refractivity contribution in [1.82, 2.24) is 4.98 Å². The number of carboxylic acid groups (broad SMARTS) is 1. The Morgan fingerprint density at radius 2 is 2.00 bits per heavy atom. The fourth-order valence-electron chi connectivity index (χ4n) is 2.26. The topological polar surface area (TPSA) is 62.2 Å². The molecular formula is C12H16N2O2. The third kappa shape index (κ3) is 2.15. The highest BCUT2D eigenvalue weighted by atomic mass is 16.4. The molecule has 1 fully saturated rings. The molecule has 0 atom stereocenters. The Labute approximate surface area is 94.7 Å². The predicted molar refractivity (Wildman–Crippen MR) is 61.3 cm³/mol. The molecule has 1 aromatic rings. The van der Waals surface area contributed by atoms with Crippen LogP contribution in [-0.2, 0) is 4.79 Å². The zero-order valence-electron chi connectivity index (χ0n) is 9.15. The van der Waals surface area contributed by atoms with Gasteiger partial charge in [0, 0.05) is 24.6 Å². The molecule has 0 spiro atoms. The second kappa shape index (κ2) is 4.51. The van der Waals surface area contributed by atoms with Gasteiger partial charge in [0.15, 0.2) is 0 Å². The highest BCUT2D eigenvalue weighted by molar-refractivity contribution is 5.76. The van der Waals surface area contributed by atoms with Crippen molar-refractivity contribution in [2.75, 3.05) is 11.9 Å². The van der Waals surface area contributed by atoms with E-state index >= 15 is 0 Å². The zero-order chi connectivity index (χ0) is 11.4. The Balaban J connectivity index is 2.00. The molecule has 4 heteroatoms. The van der Waals surface area contributed by atoms with Crippen molar-refractivity contribution in [1.29, 1.82) is 0 Å². The van der Waals surface area contributed by atoms with Crippen LogP contribution in [0.4, 0.5) is 5.69 Å². The number of carbonyl (C=O) groups is 1. The summed E-state index contributed by atoms with van der Waals surface area (Å²) in [5, 5.41) is 12.5. The van der Waals surface area contributed by atoms with Crippen molar-refractivity contribution in [3.63, 3.8) is 0 Å². The van der Waals surface area contributed by atoms with Crippen LogP contribution in [0.2, 0.25) is 0 Å². The number of aliphatic carboxylic acids is 1. The van der Waals surface area contributed by atoms with Crippen LogP contribution < -0.4 is 5.32 Å². The molecule has 86 valence electrons. The van der Waals surface area contributed by atoms with Gasteiger partial charge in [-0.2, -0.15) is 0 Å². The maximum absolute atomic E-state index is 11.3. The molecule has 0 aliphatic heterocycles. The number of nitrogens with one attached hydrogen (secondary N) is 1. The monoisotopic (exact) mass is 220 g/mol. The molecule has 0 bridgehead atoms. The molecule has 1 heterocycles. The van der Waals surface area contributed by atoms with Crippen LogP contribution in [0.3, 0.4) is 0 Å². The molecule has 0 unspecified atom stereocenters. The van der Waals surface area contributed by atoms with Gasteiger partial charge in [0.1, 0.15) is 0 Å². The molecule has 0 aromatic carbocycles. The molecular weight excluding hydrogens is 204 g/mol. The Morgan fingerprint density at radius 3 is 2.56 bits per heavy atom. The lowest BCUT2D eigenvalue weighted by Gasteiger charge is -2.24. The maximum Gasteiger partial charge on any atom is 0.311 e. The summed E-state index contributed by atoms with van der Waals surface area (Å²) in [6.07, 6.45) is 6.99. The molecule has 1 aromatic heterocycles. The summed E-state index contributed by atoms with van der Waals surface area (Å²) >= 11 is 0.